The molecule has 0 radical (unpaired) electrons. The van der Waals surface area contributed by atoms with E-state index in [1.165, 1.54) is 7.05 Å². The highest BCUT2D eigenvalue weighted by atomic mass is 32.2. The van der Waals surface area contributed by atoms with Crippen LogP contribution in [0.5, 0.6) is 0 Å². The topological polar surface area (TPSA) is 115 Å². The molecule has 0 bridgehead atoms. The van der Waals surface area contributed by atoms with E-state index in [9.17, 15) is 26.0 Å². The summed E-state index contributed by atoms with van der Waals surface area (Å²) in [4.78, 5) is 12.3. The molecule has 10 heteroatoms. The lowest BCUT2D eigenvalue weighted by Gasteiger charge is -2.17. The van der Waals surface area contributed by atoms with Crippen LogP contribution in [0.25, 0.3) is 0 Å². The minimum Gasteiger partial charge on any atom is -0.341 e. The summed E-state index contributed by atoms with van der Waals surface area (Å²) in [6.07, 6.45) is 1.03. The molecule has 0 saturated carbocycles. The van der Waals surface area contributed by atoms with Crippen molar-refractivity contribution in [2.45, 2.75) is 4.90 Å². The maximum absolute atomic E-state index is 13.4. The van der Waals surface area contributed by atoms with Gasteiger partial charge in [-0.1, -0.05) is 0 Å². The highest BCUT2D eigenvalue weighted by Crippen LogP contribution is 2.16. The highest BCUT2D eigenvalue weighted by molar-refractivity contribution is 7.90. The Hall–Kier alpha value is -1.52. The van der Waals surface area contributed by atoms with Gasteiger partial charge >= 0.3 is 0 Å². The summed E-state index contributed by atoms with van der Waals surface area (Å²) in [6, 6.07) is 2.74. The summed E-state index contributed by atoms with van der Waals surface area (Å²) in [7, 11) is -6.18. The Labute approximate surface area is 122 Å². The third kappa shape index (κ3) is 5.06. The maximum atomic E-state index is 13.4. The molecule has 0 atom stereocenters. The molecule has 1 amide bonds. The number of carbonyl (C=O) groups excluding carboxylic acids is 1. The normalized spacial score (nSPS) is 12.2. The Morgan fingerprint density at radius 1 is 1.29 bits per heavy atom. The molecule has 1 aromatic rings. The van der Waals surface area contributed by atoms with E-state index >= 15 is 0 Å². The van der Waals surface area contributed by atoms with E-state index in [0.717, 1.165) is 29.4 Å². The minimum atomic E-state index is -4.29. The van der Waals surface area contributed by atoms with Crippen LogP contribution in [-0.2, 0) is 19.9 Å². The number of halogens is 1. The van der Waals surface area contributed by atoms with Crippen molar-refractivity contribution >= 4 is 25.8 Å². The molecule has 0 aliphatic rings. The van der Waals surface area contributed by atoms with Crippen LogP contribution in [-0.4, -0.2) is 53.2 Å². The average Bonchev–Trinajstić information content (AvgIpc) is 2.33. The summed E-state index contributed by atoms with van der Waals surface area (Å²) in [5.74, 6) is -1.94. The number of hydrogen-bond acceptors (Lipinski definition) is 5. The molecule has 0 aromatic heterocycles. The molecule has 7 nitrogen and oxygen atoms in total. The SMILES string of the molecule is CN(CCS(C)(=O)=O)C(=O)c1ccc(F)c(S(N)(=O)=O)c1. The van der Waals surface area contributed by atoms with Crippen molar-refractivity contribution in [2.24, 2.45) is 5.14 Å². The Balaban J connectivity index is 3.04. The average molecular weight is 338 g/mol. The number of sulfonamides is 1. The van der Waals surface area contributed by atoms with E-state index in [1.54, 1.807) is 0 Å². The number of nitrogens with two attached hydrogens (primary N) is 1. The molecule has 1 aromatic carbocycles. The van der Waals surface area contributed by atoms with Gasteiger partial charge in [0.05, 0.1) is 5.75 Å². The molecule has 0 spiro atoms. The van der Waals surface area contributed by atoms with Gasteiger partial charge in [-0.25, -0.2) is 26.4 Å². The standard InChI is InChI=1S/C11H15FN2O5S2/c1-14(5-6-20(2,16)17)11(15)8-3-4-9(12)10(7-8)21(13,18)19/h3-4,7H,5-6H2,1-2H3,(H2,13,18,19). The molecular weight excluding hydrogens is 323 g/mol. The van der Waals surface area contributed by atoms with Crippen LogP contribution in [0.2, 0.25) is 0 Å². The van der Waals surface area contributed by atoms with Gasteiger partial charge < -0.3 is 4.90 Å². The van der Waals surface area contributed by atoms with Crippen molar-refractivity contribution in [3.8, 4) is 0 Å². The molecule has 0 heterocycles. The van der Waals surface area contributed by atoms with Crippen LogP contribution in [0.3, 0.4) is 0 Å². The van der Waals surface area contributed by atoms with Gasteiger partial charge in [0.2, 0.25) is 10.0 Å². The molecular formula is C11H15FN2O5S2. The number of primary sulfonamides is 1. The van der Waals surface area contributed by atoms with Gasteiger partial charge in [-0.15, -0.1) is 0 Å². The number of carbonyl (C=O) groups is 1. The number of amides is 1. The fourth-order valence-corrected chi connectivity index (χ4v) is 2.72. The monoisotopic (exact) mass is 338 g/mol. The molecule has 0 aliphatic heterocycles. The molecule has 21 heavy (non-hydrogen) atoms. The van der Waals surface area contributed by atoms with Gasteiger partial charge in [0.1, 0.15) is 20.5 Å². The van der Waals surface area contributed by atoms with Gasteiger partial charge in [0.25, 0.3) is 5.91 Å². The summed E-state index contributed by atoms with van der Waals surface area (Å²) >= 11 is 0. The number of rotatable bonds is 5. The molecule has 1 rings (SSSR count). The Bertz CT molecular complexity index is 759. The number of benzene rings is 1. The minimum absolute atomic E-state index is 0.0697. The Morgan fingerprint density at radius 3 is 2.33 bits per heavy atom. The molecule has 2 N–H and O–H groups in total. The summed E-state index contributed by atoms with van der Waals surface area (Å²) in [6.45, 7) is -0.0697. The van der Waals surface area contributed by atoms with E-state index in [1.807, 2.05) is 0 Å². The quantitative estimate of drug-likeness (QED) is 0.784. The van der Waals surface area contributed by atoms with Crippen molar-refractivity contribution in [1.82, 2.24) is 4.90 Å². The van der Waals surface area contributed by atoms with Crippen molar-refractivity contribution in [3.05, 3.63) is 29.6 Å². The first-order valence-electron chi connectivity index (χ1n) is 5.67. The summed E-state index contributed by atoms with van der Waals surface area (Å²) < 4.78 is 57.8. The Morgan fingerprint density at radius 2 is 1.86 bits per heavy atom. The van der Waals surface area contributed by atoms with Gasteiger partial charge in [0, 0.05) is 25.4 Å². The van der Waals surface area contributed by atoms with Crippen molar-refractivity contribution in [3.63, 3.8) is 0 Å². The number of sulfone groups is 1. The largest absolute Gasteiger partial charge is 0.341 e. The van der Waals surface area contributed by atoms with Crippen LogP contribution in [0.4, 0.5) is 4.39 Å². The second-order valence-electron chi connectivity index (χ2n) is 4.55. The zero-order chi connectivity index (χ0) is 16.4. The third-order valence-corrected chi connectivity index (χ3v) is 4.48. The smallest absolute Gasteiger partial charge is 0.253 e. The van der Waals surface area contributed by atoms with Crippen molar-refractivity contribution < 1.29 is 26.0 Å². The van der Waals surface area contributed by atoms with Crippen LogP contribution >= 0.6 is 0 Å². The lowest BCUT2D eigenvalue weighted by atomic mass is 10.2. The zero-order valence-electron chi connectivity index (χ0n) is 11.4. The van der Waals surface area contributed by atoms with Crippen LogP contribution in [0, 0.1) is 5.82 Å². The van der Waals surface area contributed by atoms with Crippen molar-refractivity contribution in [2.75, 3.05) is 25.6 Å². The first-order chi connectivity index (χ1) is 9.42. The van der Waals surface area contributed by atoms with Gasteiger partial charge in [-0.2, -0.15) is 0 Å². The van der Waals surface area contributed by atoms with Crippen LogP contribution < -0.4 is 5.14 Å². The van der Waals surface area contributed by atoms with E-state index in [2.05, 4.69) is 0 Å². The van der Waals surface area contributed by atoms with Crippen LogP contribution in [0.1, 0.15) is 10.4 Å². The van der Waals surface area contributed by atoms with Gasteiger partial charge in [-0.3, -0.25) is 4.79 Å². The predicted molar refractivity (Wildman–Crippen MR) is 74.4 cm³/mol. The molecule has 0 unspecified atom stereocenters. The number of hydrogen-bond donors (Lipinski definition) is 1. The molecule has 0 aliphatic carbocycles. The summed E-state index contributed by atoms with van der Waals surface area (Å²) in [5, 5.41) is 4.85. The fraction of sp³-hybridized carbons (Fsp3) is 0.364. The van der Waals surface area contributed by atoms with Crippen LogP contribution in [0.15, 0.2) is 23.1 Å². The second-order valence-corrected chi connectivity index (χ2v) is 8.34. The fourth-order valence-electron chi connectivity index (χ4n) is 1.48. The van der Waals surface area contributed by atoms with Crippen molar-refractivity contribution in [1.29, 1.82) is 0 Å². The van der Waals surface area contributed by atoms with E-state index in [0.29, 0.717) is 0 Å². The van der Waals surface area contributed by atoms with E-state index in [4.69, 9.17) is 5.14 Å². The lowest BCUT2D eigenvalue weighted by Crippen LogP contribution is -2.31. The lowest BCUT2D eigenvalue weighted by molar-refractivity contribution is 0.0803. The molecule has 0 fully saturated rings. The van der Waals surface area contributed by atoms with E-state index < -0.39 is 36.5 Å². The van der Waals surface area contributed by atoms with Gasteiger partial charge in [-0.05, 0) is 18.2 Å². The molecule has 118 valence electrons. The maximum Gasteiger partial charge on any atom is 0.253 e. The third-order valence-electron chi connectivity index (χ3n) is 2.63. The summed E-state index contributed by atoms with van der Waals surface area (Å²) in [5.41, 5.74) is -0.101. The first kappa shape index (κ1) is 17.5. The second kappa shape index (κ2) is 6.08. The predicted octanol–water partition coefficient (Wildman–Crippen LogP) is -0.410. The Kier molecular flexibility index (Phi) is 5.07. The first-order valence-corrected chi connectivity index (χ1v) is 9.28. The highest BCUT2D eigenvalue weighted by Gasteiger charge is 2.19. The van der Waals surface area contributed by atoms with Gasteiger partial charge in [0.15, 0.2) is 0 Å². The van der Waals surface area contributed by atoms with E-state index in [-0.39, 0.29) is 17.9 Å². The zero-order valence-corrected chi connectivity index (χ0v) is 13.0. The molecule has 0 saturated heterocycles. The number of nitrogens with zero attached hydrogens (tertiary/aromatic N) is 1.